The molecule has 0 atom stereocenters. The van der Waals surface area contributed by atoms with Crippen molar-refractivity contribution in [1.29, 1.82) is 0 Å². The Balaban J connectivity index is 3.20. The molecule has 0 fully saturated rings. The normalized spacial score (nSPS) is 9.62. The maximum Gasteiger partial charge on any atom is 0.248 e. The summed E-state index contributed by atoms with van der Waals surface area (Å²) in [7, 11) is 0. The Bertz CT molecular complexity index is 347. The molecule has 0 unspecified atom stereocenters. The van der Waals surface area contributed by atoms with E-state index >= 15 is 0 Å². The molecule has 0 saturated heterocycles. The van der Waals surface area contributed by atoms with Gasteiger partial charge in [0.05, 0.1) is 6.61 Å². The van der Waals surface area contributed by atoms with Gasteiger partial charge in [-0.25, -0.2) is 0 Å². The number of carbonyl (C=O) groups excluding carboxylic acids is 2. The molecule has 68 valence electrons. The van der Waals surface area contributed by atoms with Crippen molar-refractivity contribution in [3.8, 4) is 0 Å². The maximum atomic E-state index is 10.7. The first-order chi connectivity index (χ1) is 6.19. The summed E-state index contributed by atoms with van der Waals surface area (Å²) in [6.07, 6.45) is 0.581. The van der Waals surface area contributed by atoms with Crippen molar-refractivity contribution >= 4 is 12.2 Å². The van der Waals surface area contributed by atoms with Crippen LogP contribution in [0.3, 0.4) is 0 Å². The molecule has 1 aromatic carbocycles. The number of aldehydes is 1. The second-order valence-electron chi connectivity index (χ2n) is 2.55. The highest BCUT2D eigenvalue weighted by Crippen LogP contribution is 2.09. The second-order valence-corrected chi connectivity index (χ2v) is 2.55. The van der Waals surface area contributed by atoms with Gasteiger partial charge in [-0.2, -0.15) is 0 Å². The minimum Gasteiger partial charge on any atom is -0.392 e. The summed E-state index contributed by atoms with van der Waals surface area (Å²) in [5.74, 6) is -0.590. The van der Waals surface area contributed by atoms with Gasteiger partial charge in [-0.05, 0) is 17.7 Å². The molecule has 0 bridgehead atoms. The SMILES string of the molecule is NC(=O)c1ccc(CO)c(C=O)c1. The summed E-state index contributed by atoms with van der Waals surface area (Å²) in [4.78, 5) is 21.2. The highest BCUT2D eigenvalue weighted by atomic mass is 16.3. The average Bonchev–Trinajstić information content (AvgIpc) is 2.16. The van der Waals surface area contributed by atoms with Crippen molar-refractivity contribution in [2.24, 2.45) is 5.73 Å². The van der Waals surface area contributed by atoms with Crippen LogP contribution < -0.4 is 5.73 Å². The Morgan fingerprint density at radius 3 is 2.69 bits per heavy atom. The number of carbonyl (C=O) groups is 2. The summed E-state index contributed by atoms with van der Waals surface area (Å²) in [5, 5.41) is 8.80. The van der Waals surface area contributed by atoms with E-state index in [1.807, 2.05) is 0 Å². The minimum absolute atomic E-state index is 0.229. The first-order valence-electron chi connectivity index (χ1n) is 3.67. The number of rotatable bonds is 3. The lowest BCUT2D eigenvalue weighted by molar-refractivity contribution is 0.1000. The van der Waals surface area contributed by atoms with Crippen molar-refractivity contribution in [2.45, 2.75) is 6.61 Å². The van der Waals surface area contributed by atoms with Gasteiger partial charge in [-0.15, -0.1) is 0 Å². The fourth-order valence-electron chi connectivity index (χ4n) is 1.00. The van der Waals surface area contributed by atoms with Crippen molar-refractivity contribution in [2.75, 3.05) is 0 Å². The van der Waals surface area contributed by atoms with E-state index in [4.69, 9.17) is 10.8 Å². The van der Waals surface area contributed by atoms with Crippen molar-refractivity contribution in [3.05, 3.63) is 34.9 Å². The van der Waals surface area contributed by atoms with E-state index in [2.05, 4.69) is 0 Å². The van der Waals surface area contributed by atoms with Gasteiger partial charge in [0, 0.05) is 11.1 Å². The molecule has 0 aliphatic carbocycles. The molecule has 0 saturated carbocycles. The van der Waals surface area contributed by atoms with Crippen LogP contribution in [0.5, 0.6) is 0 Å². The van der Waals surface area contributed by atoms with Crippen LogP contribution in [0.1, 0.15) is 26.3 Å². The van der Waals surface area contributed by atoms with Gasteiger partial charge in [0.2, 0.25) is 5.91 Å². The van der Waals surface area contributed by atoms with Crippen molar-refractivity contribution in [3.63, 3.8) is 0 Å². The van der Waals surface area contributed by atoms with Gasteiger partial charge in [-0.1, -0.05) is 6.07 Å². The molecule has 1 aromatic rings. The largest absolute Gasteiger partial charge is 0.392 e. The number of hydrogen-bond acceptors (Lipinski definition) is 3. The van der Waals surface area contributed by atoms with Crippen LogP contribution in [0, 0.1) is 0 Å². The topological polar surface area (TPSA) is 80.4 Å². The predicted molar refractivity (Wildman–Crippen MR) is 46.3 cm³/mol. The van der Waals surface area contributed by atoms with Crippen LogP contribution in [-0.2, 0) is 6.61 Å². The fourth-order valence-corrected chi connectivity index (χ4v) is 1.00. The zero-order chi connectivity index (χ0) is 9.84. The smallest absolute Gasteiger partial charge is 0.248 e. The van der Waals surface area contributed by atoms with E-state index < -0.39 is 5.91 Å². The first kappa shape index (κ1) is 9.41. The molecule has 3 N–H and O–H groups in total. The number of primary amides is 1. The molecule has 13 heavy (non-hydrogen) atoms. The maximum absolute atomic E-state index is 10.7. The Kier molecular flexibility index (Phi) is 2.76. The van der Waals surface area contributed by atoms with E-state index in [1.165, 1.54) is 18.2 Å². The predicted octanol–water partition coefficient (Wildman–Crippen LogP) is 0.0903. The van der Waals surface area contributed by atoms with Gasteiger partial charge in [0.25, 0.3) is 0 Å². The van der Waals surface area contributed by atoms with Crippen LogP contribution in [-0.4, -0.2) is 17.3 Å². The van der Waals surface area contributed by atoms with E-state index in [9.17, 15) is 9.59 Å². The van der Waals surface area contributed by atoms with E-state index in [1.54, 1.807) is 0 Å². The first-order valence-corrected chi connectivity index (χ1v) is 3.67. The lowest BCUT2D eigenvalue weighted by atomic mass is 10.1. The summed E-state index contributed by atoms with van der Waals surface area (Å²) in [5.41, 5.74) is 6.05. The lowest BCUT2D eigenvalue weighted by Crippen LogP contribution is -2.11. The summed E-state index contributed by atoms with van der Waals surface area (Å²) >= 11 is 0. The van der Waals surface area contributed by atoms with Gasteiger partial charge < -0.3 is 10.8 Å². The molecule has 0 aliphatic rings. The Hall–Kier alpha value is -1.68. The van der Waals surface area contributed by atoms with Crippen LogP contribution in [0.4, 0.5) is 0 Å². The van der Waals surface area contributed by atoms with Gasteiger partial charge in [0.15, 0.2) is 0 Å². The second kappa shape index (κ2) is 3.82. The molecular weight excluding hydrogens is 170 g/mol. The van der Waals surface area contributed by atoms with Gasteiger partial charge >= 0.3 is 0 Å². The van der Waals surface area contributed by atoms with Gasteiger partial charge in [0.1, 0.15) is 6.29 Å². The van der Waals surface area contributed by atoms with Crippen LogP contribution in [0.25, 0.3) is 0 Å². The quantitative estimate of drug-likeness (QED) is 0.645. The van der Waals surface area contributed by atoms with Crippen molar-refractivity contribution < 1.29 is 14.7 Å². The Labute approximate surface area is 75.0 Å². The number of hydrogen-bond donors (Lipinski definition) is 2. The summed E-state index contributed by atoms with van der Waals surface area (Å²) in [6, 6.07) is 4.34. The molecule has 1 amide bonds. The molecule has 0 spiro atoms. The molecule has 0 aromatic heterocycles. The van der Waals surface area contributed by atoms with E-state index in [0.29, 0.717) is 17.4 Å². The molecule has 0 heterocycles. The highest BCUT2D eigenvalue weighted by Gasteiger charge is 2.05. The third-order valence-electron chi connectivity index (χ3n) is 1.73. The Morgan fingerprint density at radius 1 is 1.54 bits per heavy atom. The van der Waals surface area contributed by atoms with Gasteiger partial charge in [-0.3, -0.25) is 9.59 Å². The zero-order valence-electron chi connectivity index (χ0n) is 6.86. The van der Waals surface area contributed by atoms with Crippen LogP contribution in [0.15, 0.2) is 18.2 Å². The number of aliphatic hydroxyl groups is 1. The van der Waals surface area contributed by atoms with E-state index in [0.717, 1.165) is 0 Å². The third kappa shape index (κ3) is 1.91. The molecule has 1 rings (SSSR count). The van der Waals surface area contributed by atoms with Crippen LogP contribution >= 0.6 is 0 Å². The monoisotopic (exact) mass is 179 g/mol. The summed E-state index contributed by atoms with van der Waals surface area (Å²) < 4.78 is 0. The van der Waals surface area contributed by atoms with Crippen molar-refractivity contribution in [1.82, 2.24) is 0 Å². The number of aliphatic hydroxyl groups excluding tert-OH is 1. The van der Waals surface area contributed by atoms with E-state index in [-0.39, 0.29) is 12.2 Å². The Morgan fingerprint density at radius 2 is 2.23 bits per heavy atom. The lowest BCUT2D eigenvalue weighted by Gasteiger charge is -2.02. The highest BCUT2D eigenvalue weighted by molar-refractivity contribution is 5.94. The molecular formula is C9H9NO3. The molecule has 0 aliphatic heterocycles. The molecule has 4 heteroatoms. The fraction of sp³-hybridized carbons (Fsp3) is 0.111. The summed E-state index contributed by atoms with van der Waals surface area (Å²) in [6.45, 7) is -0.229. The molecule has 4 nitrogen and oxygen atoms in total. The van der Waals surface area contributed by atoms with Crippen LogP contribution in [0.2, 0.25) is 0 Å². The average molecular weight is 179 g/mol. The molecule has 0 radical (unpaired) electrons. The third-order valence-corrected chi connectivity index (χ3v) is 1.73. The number of benzene rings is 1. The zero-order valence-corrected chi connectivity index (χ0v) is 6.86. The standard InChI is InChI=1S/C9H9NO3/c10-9(13)6-1-2-7(4-11)8(3-6)5-12/h1-3,5,11H,4H2,(H2,10,13). The minimum atomic E-state index is -0.590. The number of amides is 1. The number of nitrogens with two attached hydrogens (primary N) is 1.